The van der Waals surface area contributed by atoms with E-state index in [1.54, 1.807) is 6.33 Å². The summed E-state index contributed by atoms with van der Waals surface area (Å²) in [7, 11) is -1.48. The van der Waals surface area contributed by atoms with Gasteiger partial charge in [-0.25, -0.2) is 23.4 Å². The number of aromatic nitrogens is 4. The molecule has 1 saturated heterocycles. The van der Waals surface area contributed by atoms with Crippen molar-refractivity contribution in [2.75, 3.05) is 25.0 Å². The summed E-state index contributed by atoms with van der Waals surface area (Å²) in [5.74, 6) is 0.868. The van der Waals surface area contributed by atoms with Gasteiger partial charge in [0.1, 0.15) is 12.1 Å². The first-order valence-corrected chi connectivity index (χ1v) is 8.92. The van der Waals surface area contributed by atoms with Crippen LogP contribution >= 0.6 is 0 Å². The van der Waals surface area contributed by atoms with E-state index in [0.717, 1.165) is 24.4 Å². The van der Waals surface area contributed by atoms with Crippen molar-refractivity contribution >= 4 is 15.8 Å². The van der Waals surface area contributed by atoms with E-state index in [1.165, 1.54) is 16.8 Å². The van der Waals surface area contributed by atoms with Gasteiger partial charge in [-0.15, -0.1) is 0 Å². The molecule has 0 atom stereocenters. The highest BCUT2D eigenvalue weighted by Crippen LogP contribution is 2.24. The van der Waals surface area contributed by atoms with Crippen LogP contribution in [-0.4, -0.2) is 58.8 Å². The normalized spacial score (nSPS) is 17.3. The fourth-order valence-corrected chi connectivity index (χ4v) is 4.18. The van der Waals surface area contributed by atoms with Crippen molar-refractivity contribution in [2.45, 2.75) is 30.8 Å². The summed E-state index contributed by atoms with van der Waals surface area (Å²) in [6.45, 7) is 2.90. The van der Waals surface area contributed by atoms with E-state index in [4.69, 9.17) is 0 Å². The highest BCUT2D eigenvalue weighted by molar-refractivity contribution is 7.89. The molecule has 2 aromatic heterocycles. The zero-order chi connectivity index (χ0) is 16.4. The van der Waals surface area contributed by atoms with Gasteiger partial charge in [0.05, 0.1) is 12.5 Å². The molecular formula is C14H20N6O2S. The summed E-state index contributed by atoms with van der Waals surface area (Å²) >= 11 is 0. The smallest absolute Gasteiger partial charge is 0.260 e. The summed E-state index contributed by atoms with van der Waals surface area (Å²) in [4.78, 5) is 17.0. The van der Waals surface area contributed by atoms with Crippen molar-refractivity contribution in [3.63, 3.8) is 0 Å². The van der Waals surface area contributed by atoms with E-state index in [-0.39, 0.29) is 11.1 Å². The predicted octanol–water partition coefficient (Wildman–Crippen LogP) is 0.798. The zero-order valence-electron chi connectivity index (χ0n) is 13.2. The molecule has 3 heterocycles. The van der Waals surface area contributed by atoms with Gasteiger partial charge < -0.3 is 9.88 Å². The van der Waals surface area contributed by atoms with Gasteiger partial charge in [0, 0.05) is 37.9 Å². The first kappa shape index (κ1) is 15.9. The SMILES string of the molecule is Cc1cc(N(C)C2CCN(S(=O)(=O)c3cnc[nH]3)CC2)ncn1. The molecule has 3 rings (SSSR count). The molecule has 1 N–H and O–H groups in total. The fourth-order valence-electron chi connectivity index (χ4n) is 2.81. The molecule has 0 radical (unpaired) electrons. The third kappa shape index (κ3) is 3.20. The summed E-state index contributed by atoms with van der Waals surface area (Å²) in [6, 6.07) is 2.20. The third-order valence-corrected chi connectivity index (χ3v) is 6.04. The standard InChI is InChI=1S/C14H20N6O2S/c1-11-7-13(17-10-16-11)19(2)12-3-5-20(6-4-12)23(21,22)14-8-15-9-18-14/h7-10,12H,3-6H2,1-2H3,(H,15,18). The highest BCUT2D eigenvalue weighted by Gasteiger charge is 2.31. The monoisotopic (exact) mass is 336 g/mol. The quantitative estimate of drug-likeness (QED) is 0.887. The van der Waals surface area contributed by atoms with Gasteiger partial charge >= 0.3 is 0 Å². The van der Waals surface area contributed by atoms with Crippen molar-refractivity contribution in [1.82, 2.24) is 24.2 Å². The number of sulfonamides is 1. The van der Waals surface area contributed by atoms with Crippen molar-refractivity contribution in [2.24, 2.45) is 0 Å². The Hall–Kier alpha value is -2.00. The van der Waals surface area contributed by atoms with Crippen molar-refractivity contribution < 1.29 is 8.42 Å². The van der Waals surface area contributed by atoms with Gasteiger partial charge in [-0.2, -0.15) is 4.31 Å². The van der Waals surface area contributed by atoms with E-state index in [1.807, 2.05) is 20.0 Å². The van der Waals surface area contributed by atoms with Gasteiger partial charge in [-0.1, -0.05) is 0 Å². The first-order valence-electron chi connectivity index (χ1n) is 7.48. The molecule has 0 saturated carbocycles. The van der Waals surface area contributed by atoms with Gasteiger partial charge in [0.25, 0.3) is 10.0 Å². The van der Waals surface area contributed by atoms with Crippen LogP contribution in [0.2, 0.25) is 0 Å². The predicted molar refractivity (Wildman–Crippen MR) is 85.5 cm³/mol. The van der Waals surface area contributed by atoms with Crippen LogP contribution in [0.15, 0.2) is 29.9 Å². The molecule has 0 aromatic carbocycles. The molecule has 1 fully saturated rings. The topological polar surface area (TPSA) is 95.1 Å². The lowest BCUT2D eigenvalue weighted by Crippen LogP contribution is -2.45. The average Bonchev–Trinajstić information content (AvgIpc) is 3.09. The molecule has 124 valence electrons. The van der Waals surface area contributed by atoms with Crippen LogP contribution in [0.3, 0.4) is 0 Å². The third-order valence-electron chi connectivity index (χ3n) is 4.21. The summed E-state index contributed by atoms with van der Waals surface area (Å²) in [6.07, 6.45) is 5.79. The van der Waals surface area contributed by atoms with Crippen LogP contribution in [0.25, 0.3) is 0 Å². The van der Waals surface area contributed by atoms with E-state index in [2.05, 4.69) is 24.8 Å². The number of hydrogen-bond acceptors (Lipinski definition) is 6. The molecule has 8 nitrogen and oxygen atoms in total. The van der Waals surface area contributed by atoms with Gasteiger partial charge in [0.2, 0.25) is 0 Å². The van der Waals surface area contributed by atoms with Crippen LogP contribution in [0.4, 0.5) is 5.82 Å². The second-order valence-electron chi connectivity index (χ2n) is 5.68. The largest absolute Gasteiger partial charge is 0.356 e. The maximum Gasteiger partial charge on any atom is 0.260 e. The summed E-state index contributed by atoms with van der Waals surface area (Å²) in [5.41, 5.74) is 0.918. The summed E-state index contributed by atoms with van der Waals surface area (Å²) in [5, 5.41) is 0.149. The Morgan fingerprint density at radius 2 is 2.04 bits per heavy atom. The van der Waals surface area contributed by atoms with Gasteiger partial charge in [0.15, 0.2) is 5.03 Å². The molecular weight excluding hydrogens is 316 g/mol. The Bertz CT molecular complexity index is 753. The molecule has 0 spiro atoms. The number of nitrogens with one attached hydrogen (secondary N) is 1. The second kappa shape index (κ2) is 6.25. The molecule has 2 aromatic rings. The van der Waals surface area contributed by atoms with E-state index in [9.17, 15) is 8.42 Å². The van der Waals surface area contributed by atoms with E-state index in [0.29, 0.717) is 13.1 Å². The molecule has 0 amide bonds. The molecule has 1 aliphatic rings. The Morgan fingerprint density at radius 1 is 1.30 bits per heavy atom. The van der Waals surface area contributed by atoms with Crippen LogP contribution in [-0.2, 0) is 10.0 Å². The molecule has 0 aliphatic carbocycles. The molecule has 0 unspecified atom stereocenters. The Balaban J connectivity index is 1.67. The van der Waals surface area contributed by atoms with E-state index >= 15 is 0 Å². The number of anilines is 1. The lowest BCUT2D eigenvalue weighted by atomic mass is 10.1. The maximum absolute atomic E-state index is 12.5. The number of H-pyrrole nitrogens is 1. The van der Waals surface area contributed by atoms with Gasteiger partial charge in [-0.05, 0) is 19.8 Å². The Labute approximate surface area is 135 Å². The first-order chi connectivity index (χ1) is 11.0. The number of imidazole rings is 1. The number of nitrogens with zero attached hydrogens (tertiary/aromatic N) is 5. The van der Waals surface area contributed by atoms with Crippen LogP contribution in [0.1, 0.15) is 18.5 Å². The maximum atomic E-state index is 12.5. The van der Waals surface area contributed by atoms with Crippen molar-refractivity contribution in [3.8, 4) is 0 Å². The van der Waals surface area contributed by atoms with E-state index < -0.39 is 10.0 Å². The minimum atomic E-state index is -3.47. The number of hydrogen-bond donors (Lipinski definition) is 1. The van der Waals surface area contributed by atoms with Crippen molar-refractivity contribution in [1.29, 1.82) is 0 Å². The highest BCUT2D eigenvalue weighted by atomic mass is 32.2. The van der Waals surface area contributed by atoms with Crippen LogP contribution in [0, 0.1) is 6.92 Å². The summed E-state index contributed by atoms with van der Waals surface area (Å²) < 4.78 is 26.4. The fraction of sp³-hybridized carbons (Fsp3) is 0.500. The van der Waals surface area contributed by atoms with Gasteiger partial charge in [-0.3, -0.25) is 0 Å². The zero-order valence-corrected chi connectivity index (χ0v) is 14.0. The lowest BCUT2D eigenvalue weighted by Gasteiger charge is -2.36. The molecule has 0 bridgehead atoms. The second-order valence-corrected chi connectivity index (χ2v) is 7.59. The number of rotatable bonds is 4. The Morgan fingerprint density at radius 3 is 2.65 bits per heavy atom. The lowest BCUT2D eigenvalue weighted by molar-refractivity contribution is 0.313. The number of piperidine rings is 1. The van der Waals surface area contributed by atoms with Crippen LogP contribution < -0.4 is 4.90 Å². The Kier molecular flexibility index (Phi) is 4.31. The minimum absolute atomic E-state index is 0.149. The molecule has 9 heteroatoms. The van der Waals surface area contributed by atoms with Crippen LogP contribution in [0.5, 0.6) is 0 Å². The molecule has 1 aliphatic heterocycles. The van der Waals surface area contributed by atoms with Crippen molar-refractivity contribution in [3.05, 3.63) is 30.6 Å². The molecule has 23 heavy (non-hydrogen) atoms. The minimum Gasteiger partial charge on any atom is -0.356 e. The number of aryl methyl sites for hydroxylation is 1. The number of aromatic amines is 1. The average molecular weight is 336 g/mol.